The molecule has 1 aliphatic rings. The molecule has 1 aliphatic carbocycles. The first-order valence-electron chi connectivity index (χ1n) is 4.91. The number of carboxylic acids is 1. The average molecular weight is 235 g/mol. The molecule has 1 N–H and O–H groups in total. The molecular weight excluding hydrogens is 218 g/mol. The first-order chi connectivity index (χ1) is 6.75. The predicted octanol–water partition coefficient (Wildman–Crippen LogP) is 0.523. The van der Waals surface area contributed by atoms with E-state index < -0.39 is 22.5 Å². The third kappa shape index (κ3) is 3.79. The summed E-state index contributed by atoms with van der Waals surface area (Å²) in [7, 11) is -2.09. The lowest BCUT2D eigenvalue weighted by Gasteiger charge is -2.16. The molecule has 0 aromatic carbocycles. The first kappa shape index (κ1) is 12.4. The monoisotopic (exact) mass is 235 g/mol. The molecule has 0 radical (unpaired) electrons. The van der Waals surface area contributed by atoms with Crippen molar-refractivity contribution >= 4 is 16.0 Å². The van der Waals surface area contributed by atoms with E-state index in [0.717, 1.165) is 17.1 Å². The standard InChI is InChI=1S/C9H17NO4S/c1-9(3-4-9)5-6-15(13,14)10(2)7-8(11)12/h3-7H2,1-2H3,(H,11,12). The zero-order valence-corrected chi connectivity index (χ0v) is 9.88. The molecule has 5 nitrogen and oxygen atoms in total. The summed E-state index contributed by atoms with van der Waals surface area (Å²) in [5.74, 6) is -1.08. The third-order valence-electron chi connectivity index (χ3n) is 2.90. The Kier molecular flexibility index (Phi) is 3.40. The van der Waals surface area contributed by atoms with Gasteiger partial charge in [-0.05, 0) is 24.7 Å². The van der Waals surface area contributed by atoms with Crippen LogP contribution < -0.4 is 0 Å². The Morgan fingerprint density at radius 2 is 2.00 bits per heavy atom. The van der Waals surface area contributed by atoms with E-state index in [0.29, 0.717) is 6.42 Å². The fraction of sp³-hybridized carbons (Fsp3) is 0.889. The number of rotatable bonds is 6. The molecule has 88 valence electrons. The van der Waals surface area contributed by atoms with E-state index in [-0.39, 0.29) is 11.2 Å². The van der Waals surface area contributed by atoms with E-state index in [4.69, 9.17) is 5.11 Å². The molecule has 1 saturated carbocycles. The van der Waals surface area contributed by atoms with Crippen molar-refractivity contribution in [3.05, 3.63) is 0 Å². The molecular formula is C9H17NO4S. The van der Waals surface area contributed by atoms with Gasteiger partial charge in [0.25, 0.3) is 0 Å². The van der Waals surface area contributed by atoms with Crippen LogP contribution in [-0.4, -0.2) is 43.1 Å². The van der Waals surface area contributed by atoms with Crippen LogP contribution in [0.15, 0.2) is 0 Å². The molecule has 1 fully saturated rings. The lowest BCUT2D eigenvalue weighted by atomic mass is 10.1. The summed E-state index contributed by atoms with van der Waals surface area (Å²) in [6.45, 7) is 1.60. The van der Waals surface area contributed by atoms with Crippen molar-refractivity contribution in [1.29, 1.82) is 0 Å². The molecule has 0 saturated heterocycles. The van der Waals surface area contributed by atoms with Crippen LogP contribution in [0.3, 0.4) is 0 Å². The van der Waals surface area contributed by atoms with E-state index in [1.54, 1.807) is 0 Å². The van der Waals surface area contributed by atoms with Crippen molar-refractivity contribution in [3.63, 3.8) is 0 Å². The van der Waals surface area contributed by atoms with Crippen molar-refractivity contribution in [2.45, 2.75) is 26.2 Å². The maximum Gasteiger partial charge on any atom is 0.318 e. The molecule has 15 heavy (non-hydrogen) atoms. The second-order valence-corrected chi connectivity index (χ2v) is 6.72. The van der Waals surface area contributed by atoms with Gasteiger partial charge in [-0.1, -0.05) is 6.92 Å². The van der Waals surface area contributed by atoms with Crippen LogP contribution in [0.25, 0.3) is 0 Å². The van der Waals surface area contributed by atoms with Crippen molar-refractivity contribution in [3.8, 4) is 0 Å². The summed E-state index contributed by atoms with van der Waals surface area (Å²) in [5, 5.41) is 8.48. The van der Waals surface area contributed by atoms with Crippen LogP contribution in [-0.2, 0) is 14.8 Å². The second kappa shape index (κ2) is 4.09. The van der Waals surface area contributed by atoms with Gasteiger partial charge in [-0.25, -0.2) is 8.42 Å². The first-order valence-corrected chi connectivity index (χ1v) is 6.52. The molecule has 0 unspecified atom stereocenters. The lowest BCUT2D eigenvalue weighted by molar-refractivity contribution is -0.137. The number of hydrogen-bond donors (Lipinski definition) is 1. The van der Waals surface area contributed by atoms with Gasteiger partial charge >= 0.3 is 5.97 Å². The molecule has 0 aromatic heterocycles. The number of sulfonamides is 1. The maximum absolute atomic E-state index is 11.6. The van der Waals surface area contributed by atoms with E-state index in [2.05, 4.69) is 6.92 Å². The van der Waals surface area contributed by atoms with Crippen LogP contribution in [0.1, 0.15) is 26.2 Å². The number of likely N-dealkylation sites (N-methyl/N-ethyl adjacent to an activating group) is 1. The Bertz CT molecular complexity index is 345. The van der Waals surface area contributed by atoms with Crippen molar-refractivity contribution in [1.82, 2.24) is 4.31 Å². The highest BCUT2D eigenvalue weighted by Gasteiger charge is 2.38. The van der Waals surface area contributed by atoms with Crippen LogP contribution in [0.4, 0.5) is 0 Å². The number of nitrogens with zero attached hydrogens (tertiary/aromatic N) is 1. The number of carbonyl (C=O) groups is 1. The lowest BCUT2D eigenvalue weighted by Crippen LogP contribution is -2.34. The highest BCUT2D eigenvalue weighted by atomic mass is 32.2. The van der Waals surface area contributed by atoms with Gasteiger partial charge in [-0.3, -0.25) is 4.79 Å². The van der Waals surface area contributed by atoms with E-state index in [1.165, 1.54) is 7.05 Å². The number of hydrogen-bond acceptors (Lipinski definition) is 3. The minimum atomic E-state index is -3.40. The fourth-order valence-corrected chi connectivity index (χ4v) is 2.65. The molecule has 1 rings (SSSR count). The zero-order valence-electron chi connectivity index (χ0n) is 9.06. The van der Waals surface area contributed by atoms with Crippen molar-refractivity contribution in [2.24, 2.45) is 5.41 Å². The molecule has 0 aliphatic heterocycles. The highest BCUT2D eigenvalue weighted by molar-refractivity contribution is 7.89. The molecule has 0 spiro atoms. The summed E-state index contributed by atoms with van der Waals surface area (Å²) >= 11 is 0. The third-order valence-corrected chi connectivity index (χ3v) is 4.70. The fourth-order valence-electron chi connectivity index (χ4n) is 1.28. The smallest absolute Gasteiger partial charge is 0.318 e. The number of aliphatic carboxylic acids is 1. The van der Waals surface area contributed by atoms with Crippen LogP contribution in [0.5, 0.6) is 0 Å². The van der Waals surface area contributed by atoms with Gasteiger partial charge in [0.1, 0.15) is 6.54 Å². The van der Waals surface area contributed by atoms with Crippen molar-refractivity contribution < 1.29 is 18.3 Å². The van der Waals surface area contributed by atoms with E-state index >= 15 is 0 Å². The minimum Gasteiger partial charge on any atom is -0.480 e. The average Bonchev–Trinajstić information content (AvgIpc) is 2.80. The van der Waals surface area contributed by atoms with Gasteiger partial charge in [0.15, 0.2) is 0 Å². The Labute approximate surface area is 90.1 Å². The Balaban J connectivity index is 2.46. The topological polar surface area (TPSA) is 74.7 Å². The molecule has 0 bridgehead atoms. The molecule has 0 atom stereocenters. The van der Waals surface area contributed by atoms with Gasteiger partial charge in [-0.2, -0.15) is 4.31 Å². The molecule has 0 heterocycles. The van der Waals surface area contributed by atoms with Crippen LogP contribution >= 0.6 is 0 Å². The second-order valence-electron chi connectivity index (χ2n) is 4.53. The Morgan fingerprint density at radius 1 is 1.47 bits per heavy atom. The molecule has 6 heteroatoms. The Hall–Kier alpha value is -0.620. The predicted molar refractivity (Wildman–Crippen MR) is 56.0 cm³/mol. The van der Waals surface area contributed by atoms with Gasteiger partial charge in [0, 0.05) is 7.05 Å². The highest BCUT2D eigenvalue weighted by Crippen LogP contribution is 2.48. The normalized spacial score (nSPS) is 19.1. The zero-order chi connectivity index (χ0) is 11.7. The van der Waals surface area contributed by atoms with Gasteiger partial charge in [0.05, 0.1) is 5.75 Å². The minimum absolute atomic E-state index is 0.0489. The summed E-state index contributed by atoms with van der Waals surface area (Å²) in [6, 6.07) is 0. The van der Waals surface area contributed by atoms with E-state index in [1.807, 2.05) is 0 Å². The van der Waals surface area contributed by atoms with Crippen LogP contribution in [0.2, 0.25) is 0 Å². The quantitative estimate of drug-likeness (QED) is 0.728. The van der Waals surface area contributed by atoms with Gasteiger partial charge < -0.3 is 5.11 Å². The van der Waals surface area contributed by atoms with Gasteiger partial charge in [0.2, 0.25) is 10.0 Å². The summed E-state index contributed by atoms with van der Waals surface area (Å²) in [5.41, 5.74) is 0.178. The summed E-state index contributed by atoms with van der Waals surface area (Å²) < 4.78 is 24.1. The van der Waals surface area contributed by atoms with Crippen molar-refractivity contribution in [2.75, 3.05) is 19.3 Å². The summed E-state index contributed by atoms with van der Waals surface area (Å²) in [4.78, 5) is 10.4. The Morgan fingerprint density at radius 3 is 2.40 bits per heavy atom. The SMILES string of the molecule is CN(CC(=O)O)S(=O)(=O)CCC1(C)CC1. The van der Waals surface area contributed by atoms with Crippen LogP contribution in [0, 0.1) is 5.41 Å². The summed E-state index contributed by atoms with van der Waals surface area (Å²) in [6.07, 6.45) is 2.77. The molecule has 0 aromatic rings. The largest absolute Gasteiger partial charge is 0.480 e. The van der Waals surface area contributed by atoms with E-state index in [9.17, 15) is 13.2 Å². The maximum atomic E-state index is 11.6. The number of carboxylic acid groups (broad SMARTS) is 1. The molecule has 0 amide bonds. The van der Waals surface area contributed by atoms with Gasteiger partial charge in [-0.15, -0.1) is 0 Å².